The largest absolute Gasteiger partial charge is 0.355 e. The van der Waals surface area contributed by atoms with Crippen molar-refractivity contribution < 1.29 is 0 Å². The maximum Gasteiger partial charge on any atom is 0.129 e. The molecule has 2 saturated heterocycles. The number of likely N-dealkylation sites (tertiary alicyclic amines) is 1. The van der Waals surface area contributed by atoms with Crippen LogP contribution in [-0.4, -0.2) is 42.1 Å². The van der Waals surface area contributed by atoms with Crippen molar-refractivity contribution >= 4 is 29.0 Å². The van der Waals surface area contributed by atoms with Gasteiger partial charge in [0.2, 0.25) is 0 Å². The maximum absolute atomic E-state index is 6.06. The Morgan fingerprint density at radius 1 is 1.21 bits per heavy atom. The number of anilines is 1. The van der Waals surface area contributed by atoms with Crippen molar-refractivity contribution in [3.8, 4) is 0 Å². The van der Waals surface area contributed by atoms with Crippen molar-refractivity contribution in [1.82, 2.24) is 9.88 Å². The quantitative estimate of drug-likeness (QED) is 0.799. The fourth-order valence-corrected chi connectivity index (χ4v) is 3.54. The summed E-state index contributed by atoms with van der Waals surface area (Å²) in [5.41, 5.74) is 0.783. The predicted molar refractivity (Wildman–Crippen MR) is 80.2 cm³/mol. The van der Waals surface area contributed by atoms with Crippen LogP contribution in [0.1, 0.15) is 25.0 Å². The Kier molecular flexibility index (Phi) is 4.15. The molecule has 2 fully saturated rings. The molecule has 0 bridgehead atoms. The van der Waals surface area contributed by atoms with E-state index in [1.807, 2.05) is 12.1 Å². The topological polar surface area (TPSA) is 19.4 Å². The highest BCUT2D eigenvalue weighted by molar-refractivity contribution is 6.32. The molecule has 0 aromatic carbocycles. The molecule has 2 aliphatic heterocycles. The van der Waals surface area contributed by atoms with Crippen LogP contribution in [0.3, 0.4) is 0 Å². The molecule has 1 unspecified atom stereocenters. The molecule has 1 atom stereocenters. The summed E-state index contributed by atoms with van der Waals surface area (Å²) in [6.45, 7) is 4.69. The first-order valence-electron chi connectivity index (χ1n) is 6.98. The van der Waals surface area contributed by atoms with Crippen LogP contribution in [0, 0.1) is 0 Å². The number of hydrogen-bond donors (Lipinski definition) is 0. The summed E-state index contributed by atoms with van der Waals surface area (Å²) in [6.07, 6.45) is 3.94. The van der Waals surface area contributed by atoms with Crippen LogP contribution >= 0.6 is 23.2 Å². The normalized spacial score (nSPS) is 24.3. The van der Waals surface area contributed by atoms with Crippen molar-refractivity contribution in [2.45, 2.75) is 31.2 Å². The molecule has 0 radical (unpaired) electrons. The Hall–Kier alpha value is -0.510. The van der Waals surface area contributed by atoms with Gasteiger partial charge in [-0.2, -0.15) is 0 Å². The summed E-state index contributed by atoms with van der Waals surface area (Å²) < 4.78 is 0. The second kappa shape index (κ2) is 5.86. The third kappa shape index (κ3) is 2.83. The van der Waals surface area contributed by atoms with Crippen molar-refractivity contribution in [2.24, 2.45) is 0 Å². The lowest BCUT2D eigenvalue weighted by Crippen LogP contribution is -2.35. The van der Waals surface area contributed by atoms with Gasteiger partial charge in [0.1, 0.15) is 5.82 Å². The Bertz CT molecular complexity index is 446. The van der Waals surface area contributed by atoms with Crippen LogP contribution < -0.4 is 4.90 Å². The Balaban J connectivity index is 1.70. The second-order valence-corrected chi connectivity index (χ2v) is 6.04. The molecule has 3 rings (SSSR count). The zero-order chi connectivity index (χ0) is 13.2. The average Bonchev–Trinajstić information content (AvgIpc) is 3.10. The highest BCUT2D eigenvalue weighted by atomic mass is 35.5. The van der Waals surface area contributed by atoms with E-state index in [-0.39, 0.29) is 0 Å². The molecule has 5 heteroatoms. The van der Waals surface area contributed by atoms with Gasteiger partial charge in [0, 0.05) is 19.1 Å². The molecule has 19 heavy (non-hydrogen) atoms. The summed E-state index contributed by atoms with van der Waals surface area (Å²) >= 11 is 11.9. The van der Waals surface area contributed by atoms with Gasteiger partial charge < -0.3 is 4.90 Å². The number of halogens is 2. The van der Waals surface area contributed by atoms with Crippen LogP contribution in [-0.2, 0) is 5.88 Å². The highest BCUT2D eigenvalue weighted by Crippen LogP contribution is 2.26. The Morgan fingerprint density at radius 2 is 2.00 bits per heavy atom. The number of rotatable bonds is 3. The first-order valence-corrected chi connectivity index (χ1v) is 7.89. The van der Waals surface area contributed by atoms with Gasteiger partial charge in [-0.3, -0.25) is 4.90 Å². The van der Waals surface area contributed by atoms with Gasteiger partial charge in [-0.05, 0) is 44.5 Å². The number of aromatic nitrogens is 1. The zero-order valence-electron chi connectivity index (χ0n) is 11.0. The first kappa shape index (κ1) is 13.5. The van der Waals surface area contributed by atoms with E-state index < -0.39 is 0 Å². The second-order valence-electron chi connectivity index (χ2n) is 5.36. The SMILES string of the molecule is ClCc1nc(N2CCC(N3CCCC3)C2)ccc1Cl. The van der Waals surface area contributed by atoms with Gasteiger partial charge in [-0.15, -0.1) is 11.6 Å². The van der Waals surface area contributed by atoms with Crippen LogP contribution in [0.2, 0.25) is 5.02 Å². The molecule has 0 spiro atoms. The fourth-order valence-electron chi connectivity index (χ4n) is 3.10. The van der Waals surface area contributed by atoms with Crippen LogP contribution in [0.15, 0.2) is 12.1 Å². The zero-order valence-corrected chi connectivity index (χ0v) is 12.5. The monoisotopic (exact) mass is 299 g/mol. The summed E-state index contributed by atoms with van der Waals surface area (Å²) in [4.78, 5) is 9.56. The van der Waals surface area contributed by atoms with Crippen LogP contribution in [0.5, 0.6) is 0 Å². The first-order chi connectivity index (χ1) is 9.28. The number of hydrogen-bond acceptors (Lipinski definition) is 3. The van der Waals surface area contributed by atoms with Gasteiger partial charge in [-0.25, -0.2) is 4.98 Å². The van der Waals surface area contributed by atoms with E-state index in [0.717, 1.165) is 24.6 Å². The molecule has 0 saturated carbocycles. The lowest BCUT2D eigenvalue weighted by atomic mass is 10.2. The molecule has 0 N–H and O–H groups in total. The van der Waals surface area contributed by atoms with E-state index in [1.165, 1.54) is 32.4 Å². The number of pyridine rings is 1. The van der Waals surface area contributed by atoms with Crippen LogP contribution in [0.4, 0.5) is 5.82 Å². The molecule has 3 heterocycles. The third-order valence-electron chi connectivity index (χ3n) is 4.17. The minimum absolute atomic E-state index is 0.371. The predicted octanol–water partition coefficient (Wildman–Crippen LogP) is 3.15. The van der Waals surface area contributed by atoms with Crippen molar-refractivity contribution in [2.75, 3.05) is 31.1 Å². The lowest BCUT2D eigenvalue weighted by molar-refractivity contribution is 0.260. The van der Waals surface area contributed by atoms with Crippen molar-refractivity contribution in [3.05, 3.63) is 22.8 Å². The molecule has 2 aliphatic rings. The van der Waals surface area contributed by atoms with E-state index in [4.69, 9.17) is 23.2 Å². The summed E-state index contributed by atoms with van der Waals surface area (Å²) in [5, 5.41) is 0.661. The molecular weight excluding hydrogens is 281 g/mol. The van der Waals surface area contributed by atoms with E-state index in [0.29, 0.717) is 16.9 Å². The lowest BCUT2D eigenvalue weighted by Gasteiger charge is -2.24. The van der Waals surface area contributed by atoms with Crippen LogP contribution in [0.25, 0.3) is 0 Å². The standard InChI is InChI=1S/C14H19Cl2N3/c15-9-13-12(16)3-4-14(17-13)19-8-5-11(10-19)18-6-1-2-7-18/h3-4,11H,1-2,5-10H2. The van der Waals surface area contributed by atoms with E-state index in [2.05, 4.69) is 14.8 Å². The van der Waals surface area contributed by atoms with E-state index in [1.54, 1.807) is 0 Å². The fraction of sp³-hybridized carbons (Fsp3) is 0.643. The molecule has 104 valence electrons. The van der Waals surface area contributed by atoms with Gasteiger partial charge in [0.05, 0.1) is 16.6 Å². The van der Waals surface area contributed by atoms with E-state index >= 15 is 0 Å². The third-order valence-corrected chi connectivity index (χ3v) is 4.77. The molecule has 1 aromatic heterocycles. The average molecular weight is 300 g/mol. The van der Waals surface area contributed by atoms with Crippen molar-refractivity contribution in [3.63, 3.8) is 0 Å². The number of alkyl halides is 1. The van der Waals surface area contributed by atoms with Crippen molar-refractivity contribution in [1.29, 1.82) is 0 Å². The molecular formula is C14H19Cl2N3. The molecule has 1 aromatic rings. The molecule has 0 amide bonds. The summed E-state index contributed by atoms with van der Waals surface area (Å²) in [5.74, 6) is 1.39. The van der Waals surface area contributed by atoms with Gasteiger partial charge in [0.25, 0.3) is 0 Å². The maximum atomic E-state index is 6.06. The summed E-state index contributed by atoms with van der Waals surface area (Å²) in [7, 11) is 0. The van der Waals surface area contributed by atoms with E-state index in [9.17, 15) is 0 Å². The minimum Gasteiger partial charge on any atom is -0.355 e. The number of nitrogens with zero attached hydrogens (tertiary/aromatic N) is 3. The highest BCUT2D eigenvalue weighted by Gasteiger charge is 2.29. The Morgan fingerprint density at radius 3 is 2.74 bits per heavy atom. The van der Waals surface area contributed by atoms with Gasteiger partial charge in [0.15, 0.2) is 0 Å². The minimum atomic E-state index is 0.371. The Labute approximate surface area is 124 Å². The van der Waals surface area contributed by atoms with Gasteiger partial charge >= 0.3 is 0 Å². The smallest absolute Gasteiger partial charge is 0.129 e. The summed E-state index contributed by atoms with van der Waals surface area (Å²) in [6, 6.07) is 4.61. The molecule has 0 aliphatic carbocycles. The molecule has 3 nitrogen and oxygen atoms in total. The van der Waals surface area contributed by atoms with Gasteiger partial charge in [-0.1, -0.05) is 11.6 Å².